The monoisotopic (exact) mass is 601 g/mol. The molecule has 1 amide bonds. The van der Waals surface area contributed by atoms with Gasteiger partial charge in [-0.3, -0.25) is 9.59 Å². The van der Waals surface area contributed by atoms with Crippen LogP contribution in [0.1, 0.15) is 50.0 Å². The number of hydrogen-bond acceptors (Lipinski definition) is 9. The van der Waals surface area contributed by atoms with E-state index >= 15 is 0 Å². The molecule has 1 saturated heterocycles. The SMILES string of the molecule is COc1ccc2nc(NC(=O)C(CC3CCCC3)c3ccc(S(=O)(=O)N4CCN(CCC(=O)O)CC4)cc3)sc2n1. The minimum atomic E-state index is -3.71. The number of carboxylic acid groups (broad SMARTS) is 1. The average molecular weight is 602 g/mol. The second kappa shape index (κ2) is 12.8. The normalized spacial score (nSPS) is 18.0. The van der Waals surface area contributed by atoms with Crippen LogP contribution in [-0.4, -0.2) is 84.4 Å². The zero-order chi connectivity index (χ0) is 29.0. The molecule has 41 heavy (non-hydrogen) atoms. The molecule has 1 unspecified atom stereocenters. The zero-order valence-electron chi connectivity index (χ0n) is 23.0. The van der Waals surface area contributed by atoms with Crippen molar-refractivity contribution in [3.05, 3.63) is 42.0 Å². The van der Waals surface area contributed by atoms with Crippen molar-refractivity contribution in [1.29, 1.82) is 0 Å². The Hall–Kier alpha value is -3.13. The number of thiazole rings is 1. The number of sulfonamides is 1. The van der Waals surface area contributed by atoms with E-state index in [0.29, 0.717) is 66.4 Å². The smallest absolute Gasteiger partial charge is 0.304 e. The van der Waals surface area contributed by atoms with Gasteiger partial charge in [-0.05, 0) is 36.1 Å². The molecule has 3 heterocycles. The van der Waals surface area contributed by atoms with E-state index in [4.69, 9.17) is 9.84 Å². The van der Waals surface area contributed by atoms with Crippen molar-refractivity contribution in [3.63, 3.8) is 0 Å². The van der Waals surface area contributed by atoms with Crippen molar-refractivity contribution >= 4 is 48.7 Å². The molecule has 0 spiro atoms. The molecular formula is C28H35N5O6S2. The largest absolute Gasteiger partial charge is 0.481 e. The van der Waals surface area contributed by atoms with Crippen molar-refractivity contribution in [1.82, 2.24) is 19.2 Å². The fourth-order valence-corrected chi connectivity index (χ4v) is 7.86. The molecule has 1 aliphatic heterocycles. The lowest BCUT2D eigenvalue weighted by Gasteiger charge is -2.33. The van der Waals surface area contributed by atoms with Gasteiger partial charge in [-0.25, -0.2) is 18.4 Å². The first kappa shape index (κ1) is 29.4. The van der Waals surface area contributed by atoms with Gasteiger partial charge in [0, 0.05) is 38.8 Å². The van der Waals surface area contributed by atoms with E-state index in [1.54, 1.807) is 43.5 Å². The first-order valence-electron chi connectivity index (χ1n) is 13.9. The highest BCUT2D eigenvalue weighted by Crippen LogP contribution is 2.36. The van der Waals surface area contributed by atoms with Gasteiger partial charge in [0.1, 0.15) is 10.3 Å². The number of ether oxygens (including phenoxy) is 1. The lowest BCUT2D eigenvalue weighted by molar-refractivity contribution is -0.137. The lowest BCUT2D eigenvalue weighted by atomic mass is 9.87. The van der Waals surface area contributed by atoms with Gasteiger partial charge in [-0.1, -0.05) is 49.2 Å². The number of benzene rings is 1. The second-order valence-electron chi connectivity index (χ2n) is 10.6. The maximum Gasteiger partial charge on any atom is 0.304 e. The Balaban J connectivity index is 1.30. The average Bonchev–Trinajstić information content (AvgIpc) is 3.64. The number of carbonyl (C=O) groups is 2. The quantitative estimate of drug-likeness (QED) is 0.336. The maximum atomic E-state index is 13.6. The Morgan fingerprint density at radius 2 is 1.78 bits per heavy atom. The summed E-state index contributed by atoms with van der Waals surface area (Å²) in [5.74, 6) is -0.558. The summed E-state index contributed by atoms with van der Waals surface area (Å²) in [4.78, 5) is 36.2. The van der Waals surface area contributed by atoms with Crippen LogP contribution in [0.5, 0.6) is 5.88 Å². The van der Waals surface area contributed by atoms with Crippen LogP contribution in [0.3, 0.4) is 0 Å². The third-order valence-corrected chi connectivity index (χ3v) is 10.7. The van der Waals surface area contributed by atoms with Crippen LogP contribution in [0.25, 0.3) is 10.3 Å². The van der Waals surface area contributed by atoms with Gasteiger partial charge in [0.15, 0.2) is 5.13 Å². The number of hydrogen-bond donors (Lipinski definition) is 2. The summed E-state index contributed by atoms with van der Waals surface area (Å²) in [6, 6.07) is 10.2. The number of pyridine rings is 1. The topological polar surface area (TPSA) is 142 Å². The third-order valence-electron chi connectivity index (χ3n) is 7.92. The zero-order valence-corrected chi connectivity index (χ0v) is 24.6. The summed E-state index contributed by atoms with van der Waals surface area (Å²) in [5.41, 5.74) is 1.45. The third kappa shape index (κ3) is 7.03. The second-order valence-corrected chi connectivity index (χ2v) is 13.5. The first-order valence-corrected chi connectivity index (χ1v) is 16.2. The van der Waals surface area contributed by atoms with Crippen LogP contribution in [0.2, 0.25) is 0 Å². The van der Waals surface area contributed by atoms with Gasteiger partial charge in [-0.15, -0.1) is 0 Å². The van der Waals surface area contributed by atoms with Crippen LogP contribution in [-0.2, 0) is 19.6 Å². The van der Waals surface area contributed by atoms with Gasteiger partial charge in [0.2, 0.25) is 21.8 Å². The van der Waals surface area contributed by atoms with E-state index in [1.807, 2.05) is 4.90 Å². The summed E-state index contributed by atoms with van der Waals surface area (Å²) in [5, 5.41) is 12.3. The van der Waals surface area contributed by atoms with Gasteiger partial charge in [-0.2, -0.15) is 4.31 Å². The number of nitrogens with one attached hydrogen (secondary N) is 1. The molecule has 3 aromatic rings. The number of piperazine rings is 1. The van der Waals surface area contributed by atoms with E-state index in [-0.39, 0.29) is 17.2 Å². The molecule has 11 nitrogen and oxygen atoms in total. The van der Waals surface area contributed by atoms with Crippen molar-refractivity contribution in [3.8, 4) is 5.88 Å². The van der Waals surface area contributed by atoms with Crippen molar-refractivity contribution in [2.75, 3.05) is 45.2 Å². The predicted molar refractivity (Wildman–Crippen MR) is 156 cm³/mol. The summed E-state index contributed by atoms with van der Waals surface area (Å²) in [6.45, 7) is 1.99. The fraction of sp³-hybridized carbons (Fsp3) is 0.500. The maximum absolute atomic E-state index is 13.6. The Morgan fingerprint density at radius 1 is 1.07 bits per heavy atom. The molecule has 1 aromatic carbocycles. The van der Waals surface area contributed by atoms with Gasteiger partial charge >= 0.3 is 5.97 Å². The molecule has 1 aliphatic carbocycles. The Labute approximate surface area is 243 Å². The molecule has 1 atom stereocenters. The summed E-state index contributed by atoms with van der Waals surface area (Å²) < 4.78 is 33.3. The minimum absolute atomic E-state index is 0.0361. The lowest BCUT2D eigenvalue weighted by Crippen LogP contribution is -2.48. The molecule has 2 N–H and O–H groups in total. The Bertz CT molecular complexity index is 1480. The van der Waals surface area contributed by atoms with E-state index in [9.17, 15) is 18.0 Å². The molecule has 220 valence electrons. The molecule has 5 rings (SSSR count). The van der Waals surface area contributed by atoms with Gasteiger partial charge < -0.3 is 20.1 Å². The number of amides is 1. The molecule has 2 aliphatic rings. The summed E-state index contributed by atoms with van der Waals surface area (Å²) in [7, 11) is -2.16. The number of carboxylic acids is 1. The minimum Gasteiger partial charge on any atom is -0.481 e. The molecular weight excluding hydrogens is 566 g/mol. The summed E-state index contributed by atoms with van der Waals surface area (Å²) >= 11 is 1.29. The number of aliphatic carboxylic acids is 1. The Morgan fingerprint density at radius 3 is 2.44 bits per heavy atom. The highest BCUT2D eigenvalue weighted by atomic mass is 32.2. The number of nitrogens with zero attached hydrogens (tertiary/aromatic N) is 4. The fourth-order valence-electron chi connectivity index (χ4n) is 5.60. The van der Waals surface area contributed by atoms with E-state index in [2.05, 4.69) is 15.3 Å². The highest BCUT2D eigenvalue weighted by Gasteiger charge is 2.31. The van der Waals surface area contributed by atoms with E-state index < -0.39 is 21.9 Å². The molecule has 1 saturated carbocycles. The standard InChI is InChI=1S/C28H35N5O6S2/c1-39-24-11-10-23-27(30-24)40-28(29-23)31-26(36)22(18-19-4-2-3-5-19)20-6-8-21(9-7-20)41(37,38)33-16-14-32(15-17-33)13-12-25(34)35/h6-11,19,22H,2-5,12-18H2,1H3,(H,34,35)(H,29,31,36). The number of carbonyl (C=O) groups excluding carboxylic acids is 1. The number of anilines is 1. The molecule has 2 aromatic heterocycles. The van der Waals surface area contributed by atoms with E-state index in [0.717, 1.165) is 31.2 Å². The number of aromatic nitrogens is 2. The van der Waals surface area contributed by atoms with Crippen molar-refractivity contribution < 1.29 is 27.9 Å². The van der Waals surface area contributed by atoms with E-state index in [1.165, 1.54) is 15.6 Å². The van der Waals surface area contributed by atoms with Crippen LogP contribution >= 0.6 is 11.3 Å². The molecule has 0 bridgehead atoms. The van der Waals surface area contributed by atoms with Crippen LogP contribution in [0, 0.1) is 5.92 Å². The highest BCUT2D eigenvalue weighted by molar-refractivity contribution is 7.89. The first-order chi connectivity index (χ1) is 19.7. The summed E-state index contributed by atoms with van der Waals surface area (Å²) in [6.07, 6.45) is 5.21. The van der Waals surface area contributed by atoms with Crippen LogP contribution < -0.4 is 10.1 Å². The number of fused-ring (bicyclic) bond motifs is 1. The molecule has 0 radical (unpaired) electrons. The van der Waals surface area contributed by atoms with Crippen LogP contribution in [0.4, 0.5) is 5.13 Å². The van der Waals surface area contributed by atoms with Crippen molar-refractivity contribution in [2.45, 2.75) is 49.3 Å². The number of methoxy groups -OCH3 is 1. The van der Waals surface area contributed by atoms with Gasteiger partial charge in [0.25, 0.3) is 0 Å². The van der Waals surface area contributed by atoms with Crippen molar-refractivity contribution in [2.24, 2.45) is 5.92 Å². The predicted octanol–water partition coefficient (Wildman–Crippen LogP) is 3.78. The molecule has 2 fully saturated rings. The van der Waals surface area contributed by atoms with Gasteiger partial charge in [0.05, 0.1) is 24.3 Å². The van der Waals surface area contributed by atoms with Crippen LogP contribution in [0.15, 0.2) is 41.3 Å². The number of rotatable bonds is 11. The Kier molecular flexibility index (Phi) is 9.17. The molecule has 13 heteroatoms.